The molecule has 1 rings (SSSR count). The summed E-state index contributed by atoms with van der Waals surface area (Å²) in [5.74, 6) is -0.156. The molecular weight excluding hydrogens is 194 g/mol. The van der Waals surface area contributed by atoms with Gasteiger partial charge in [0, 0.05) is 13.0 Å². The number of aliphatic hydroxyl groups excluding tert-OH is 1. The van der Waals surface area contributed by atoms with Gasteiger partial charge >= 0.3 is 5.97 Å². The van der Waals surface area contributed by atoms with Gasteiger partial charge in [0.25, 0.3) is 0 Å². The summed E-state index contributed by atoms with van der Waals surface area (Å²) in [5, 5.41) is 18.4. The van der Waals surface area contributed by atoms with Crippen molar-refractivity contribution in [2.75, 3.05) is 13.1 Å². The first kappa shape index (κ1) is 12.5. The molecule has 0 aliphatic carbocycles. The molecule has 0 saturated carbocycles. The van der Waals surface area contributed by atoms with Crippen LogP contribution in [0.3, 0.4) is 0 Å². The minimum absolute atomic E-state index is 0.372. The van der Waals surface area contributed by atoms with Crippen LogP contribution in [0.1, 0.15) is 33.1 Å². The minimum atomic E-state index is -0.809. The van der Waals surface area contributed by atoms with Crippen LogP contribution in [-0.2, 0) is 4.79 Å². The van der Waals surface area contributed by atoms with Gasteiger partial charge < -0.3 is 10.2 Å². The highest BCUT2D eigenvalue weighted by atomic mass is 16.4. The number of hydrogen-bond donors (Lipinski definition) is 2. The summed E-state index contributed by atoms with van der Waals surface area (Å²) in [6, 6.07) is -0.479. The summed E-state index contributed by atoms with van der Waals surface area (Å²) in [6.45, 7) is 5.61. The largest absolute Gasteiger partial charge is 0.480 e. The van der Waals surface area contributed by atoms with Gasteiger partial charge in [0.15, 0.2) is 0 Å². The summed E-state index contributed by atoms with van der Waals surface area (Å²) in [7, 11) is 0. The van der Waals surface area contributed by atoms with E-state index in [2.05, 4.69) is 13.8 Å². The highest BCUT2D eigenvalue weighted by molar-refractivity contribution is 5.74. The molecule has 88 valence electrons. The predicted octanol–water partition coefficient (Wildman–Crippen LogP) is 0.942. The van der Waals surface area contributed by atoms with Crippen molar-refractivity contribution >= 4 is 5.97 Å². The summed E-state index contributed by atoms with van der Waals surface area (Å²) < 4.78 is 0. The molecule has 1 saturated heterocycles. The van der Waals surface area contributed by atoms with Gasteiger partial charge in [-0.25, -0.2) is 0 Å². The molecule has 0 aromatic rings. The van der Waals surface area contributed by atoms with E-state index in [4.69, 9.17) is 5.11 Å². The fourth-order valence-electron chi connectivity index (χ4n) is 2.09. The molecule has 4 nitrogen and oxygen atoms in total. The number of hydrogen-bond acceptors (Lipinski definition) is 3. The highest BCUT2D eigenvalue weighted by Crippen LogP contribution is 2.19. The molecule has 0 bridgehead atoms. The maximum Gasteiger partial charge on any atom is 0.321 e. The van der Waals surface area contributed by atoms with Crippen LogP contribution in [0.5, 0.6) is 0 Å². The van der Waals surface area contributed by atoms with E-state index in [1.165, 1.54) is 0 Å². The van der Waals surface area contributed by atoms with E-state index in [0.29, 0.717) is 18.9 Å². The lowest BCUT2D eigenvalue weighted by Gasteiger charge is -2.20. The minimum Gasteiger partial charge on any atom is -0.480 e. The standard InChI is InChI=1S/C11H21NO3/c1-8(2)4-3-5-12-7-9(13)6-10(12)11(14)15/h8-10,13H,3-7H2,1-2H3,(H,14,15). The quantitative estimate of drug-likeness (QED) is 0.716. The summed E-state index contributed by atoms with van der Waals surface area (Å²) >= 11 is 0. The molecule has 2 atom stereocenters. The Balaban J connectivity index is 2.35. The average Bonchev–Trinajstić information content (AvgIpc) is 2.46. The van der Waals surface area contributed by atoms with Gasteiger partial charge in [-0.2, -0.15) is 0 Å². The van der Waals surface area contributed by atoms with Crippen LogP contribution in [0, 0.1) is 5.92 Å². The van der Waals surface area contributed by atoms with Crippen molar-refractivity contribution in [3.63, 3.8) is 0 Å². The van der Waals surface area contributed by atoms with E-state index in [9.17, 15) is 9.90 Å². The number of aliphatic hydroxyl groups is 1. The number of rotatable bonds is 5. The Bertz CT molecular complexity index is 218. The van der Waals surface area contributed by atoms with Crippen molar-refractivity contribution in [2.45, 2.75) is 45.3 Å². The van der Waals surface area contributed by atoms with Gasteiger partial charge in [0.1, 0.15) is 6.04 Å². The lowest BCUT2D eigenvalue weighted by atomic mass is 10.1. The Morgan fingerprint density at radius 1 is 1.53 bits per heavy atom. The van der Waals surface area contributed by atoms with E-state index >= 15 is 0 Å². The number of carboxylic acid groups (broad SMARTS) is 1. The highest BCUT2D eigenvalue weighted by Gasteiger charge is 2.35. The Labute approximate surface area is 90.9 Å². The molecule has 1 fully saturated rings. The van der Waals surface area contributed by atoms with Crippen molar-refractivity contribution in [3.05, 3.63) is 0 Å². The summed E-state index contributed by atoms with van der Waals surface area (Å²) in [6.07, 6.45) is 2.02. The zero-order valence-electron chi connectivity index (χ0n) is 9.52. The average molecular weight is 215 g/mol. The first-order valence-electron chi connectivity index (χ1n) is 5.65. The van der Waals surface area contributed by atoms with Crippen molar-refractivity contribution < 1.29 is 15.0 Å². The van der Waals surface area contributed by atoms with Gasteiger partial charge in [-0.3, -0.25) is 9.69 Å². The van der Waals surface area contributed by atoms with Gasteiger partial charge in [-0.15, -0.1) is 0 Å². The monoisotopic (exact) mass is 215 g/mol. The number of carboxylic acids is 1. The van der Waals surface area contributed by atoms with Crippen LogP contribution in [0.4, 0.5) is 0 Å². The smallest absolute Gasteiger partial charge is 0.321 e. The fourth-order valence-corrected chi connectivity index (χ4v) is 2.09. The van der Waals surface area contributed by atoms with Crippen LogP contribution in [-0.4, -0.2) is 46.3 Å². The van der Waals surface area contributed by atoms with Crippen LogP contribution in [0.15, 0.2) is 0 Å². The van der Waals surface area contributed by atoms with Crippen molar-refractivity contribution in [1.82, 2.24) is 4.90 Å². The molecule has 4 heteroatoms. The van der Waals surface area contributed by atoms with E-state index in [-0.39, 0.29) is 0 Å². The zero-order valence-corrected chi connectivity index (χ0v) is 9.52. The lowest BCUT2D eigenvalue weighted by Crippen LogP contribution is -2.36. The number of carbonyl (C=O) groups is 1. The van der Waals surface area contributed by atoms with Gasteiger partial charge in [0.2, 0.25) is 0 Å². The third-order valence-electron chi connectivity index (χ3n) is 2.89. The second-order valence-electron chi connectivity index (χ2n) is 4.77. The lowest BCUT2D eigenvalue weighted by molar-refractivity contribution is -0.142. The molecule has 2 unspecified atom stereocenters. The van der Waals surface area contributed by atoms with Crippen LogP contribution in [0.2, 0.25) is 0 Å². The molecule has 1 aliphatic heterocycles. The topological polar surface area (TPSA) is 60.8 Å². The Morgan fingerprint density at radius 3 is 2.73 bits per heavy atom. The van der Waals surface area contributed by atoms with Crippen LogP contribution < -0.4 is 0 Å². The van der Waals surface area contributed by atoms with Crippen LogP contribution in [0.25, 0.3) is 0 Å². The van der Waals surface area contributed by atoms with Gasteiger partial charge in [-0.05, 0) is 25.3 Å². The molecule has 15 heavy (non-hydrogen) atoms. The SMILES string of the molecule is CC(C)CCCN1CC(O)CC1C(=O)O. The zero-order chi connectivity index (χ0) is 11.4. The van der Waals surface area contributed by atoms with Crippen LogP contribution >= 0.6 is 0 Å². The molecule has 0 radical (unpaired) electrons. The second-order valence-corrected chi connectivity index (χ2v) is 4.77. The molecular formula is C11H21NO3. The predicted molar refractivity (Wildman–Crippen MR) is 57.7 cm³/mol. The molecule has 0 spiro atoms. The van der Waals surface area contributed by atoms with Gasteiger partial charge in [-0.1, -0.05) is 13.8 Å². The fraction of sp³-hybridized carbons (Fsp3) is 0.909. The molecule has 1 aliphatic rings. The maximum atomic E-state index is 10.9. The Kier molecular flexibility index (Phi) is 4.54. The number of aliphatic carboxylic acids is 1. The van der Waals surface area contributed by atoms with E-state index < -0.39 is 18.1 Å². The Hall–Kier alpha value is -0.610. The normalized spacial score (nSPS) is 27.5. The molecule has 0 amide bonds. The molecule has 2 N–H and O–H groups in total. The molecule has 0 aromatic carbocycles. The second kappa shape index (κ2) is 5.47. The number of nitrogens with zero attached hydrogens (tertiary/aromatic N) is 1. The summed E-state index contributed by atoms with van der Waals surface area (Å²) in [5.41, 5.74) is 0. The van der Waals surface area contributed by atoms with E-state index in [1.54, 1.807) is 0 Å². The Morgan fingerprint density at radius 2 is 2.20 bits per heavy atom. The van der Waals surface area contributed by atoms with E-state index in [0.717, 1.165) is 19.4 Å². The van der Waals surface area contributed by atoms with Crippen molar-refractivity contribution in [3.8, 4) is 0 Å². The van der Waals surface area contributed by atoms with Crippen molar-refractivity contribution in [1.29, 1.82) is 0 Å². The van der Waals surface area contributed by atoms with Gasteiger partial charge in [0.05, 0.1) is 6.10 Å². The number of β-amino-alcohol motifs (C(OH)–C–C–N with tert-alkyl or cyclic N) is 1. The molecule has 0 aromatic heterocycles. The van der Waals surface area contributed by atoms with Crippen molar-refractivity contribution in [2.24, 2.45) is 5.92 Å². The third kappa shape index (κ3) is 3.80. The van der Waals surface area contributed by atoms with E-state index in [1.807, 2.05) is 4.90 Å². The first-order chi connectivity index (χ1) is 7.00. The molecule has 1 heterocycles. The first-order valence-corrected chi connectivity index (χ1v) is 5.65. The third-order valence-corrected chi connectivity index (χ3v) is 2.89. The maximum absolute atomic E-state index is 10.9. The number of likely N-dealkylation sites (tertiary alicyclic amines) is 1. The summed E-state index contributed by atoms with van der Waals surface area (Å²) in [4.78, 5) is 12.8.